The Kier molecular flexibility index (Phi) is 5.89. The van der Waals surface area contributed by atoms with Crippen LogP contribution in [-0.2, 0) is 19.1 Å². The summed E-state index contributed by atoms with van der Waals surface area (Å²) in [7, 11) is 0. The number of carbonyl (C=O) groups excluding carboxylic acids is 1. The van der Waals surface area contributed by atoms with E-state index < -0.39 is 11.7 Å². The van der Waals surface area contributed by atoms with Gasteiger partial charge in [0.2, 0.25) is 0 Å². The summed E-state index contributed by atoms with van der Waals surface area (Å²) in [5, 5.41) is 16.2. The van der Waals surface area contributed by atoms with Crippen molar-refractivity contribution in [3.8, 4) is 0 Å². The quantitative estimate of drug-likeness (QED) is 0.366. The van der Waals surface area contributed by atoms with Crippen LogP contribution in [-0.4, -0.2) is 36.8 Å². The number of fused-ring (bicyclic) bond motifs is 2. The number of amides is 1. The summed E-state index contributed by atoms with van der Waals surface area (Å²) in [4.78, 5) is 13.0. The summed E-state index contributed by atoms with van der Waals surface area (Å²) in [6.07, 6.45) is -2.16. The van der Waals surface area contributed by atoms with Crippen LogP contribution in [0, 0.1) is 0 Å². The molecule has 0 fully saturated rings. The van der Waals surface area contributed by atoms with Crippen LogP contribution in [0.15, 0.2) is 66.9 Å². The first-order valence-electron chi connectivity index (χ1n) is 10.7. The van der Waals surface area contributed by atoms with Crippen molar-refractivity contribution in [1.29, 1.82) is 0 Å². The van der Waals surface area contributed by atoms with Crippen LogP contribution in [0.4, 0.5) is 13.2 Å². The average molecular weight is 499 g/mol. The lowest BCUT2D eigenvalue weighted by Crippen LogP contribution is -2.27. The third-order valence-corrected chi connectivity index (χ3v) is 5.94. The van der Waals surface area contributed by atoms with Crippen molar-refractivity contribution in [2.75, 3.05) is 6.54 Å². The molecule has 1 N–H and O–H groups in total. The van der Waals surface area contributed by atoms with Crippen molar-refractivity contribution in [3.05, 3.63) is 94.5 Å². The van der Waals surface area contributed by atoms with Gasteiger partial charge in [0.25, 0.3) is 5.91 Å². The molecule has 2 aromatic carbocycles. The van der Waals surface area contributed by atoms with Crippen LogP contribution in [0.25, 0.3) is 16.6 Å². The molecule has 0 aliphatic rings. The molecule has 0 spiro atoms. The number of hydrogen-bond acceptors (Lipinski definition) is 4. The second kappa shape index (κ2) is 9.03. The second-order valence-corrected chi connectivity index (χ2v) is 8.29. The Morgan fingerprint density at radius 3 is 2.63 bits per heavy atom. The number of benzene rings is 2. The monoisotopic (exact) mass is 498 g/mol. The van der Waals surface area contributed by atoms with Gasteiger partial charge in [0.15, 0.2) is 11.3 Å². The van der Waals surface area contributed by atoms with Crippen molar-refractivity contribution in [3.63, 3.8) is 0 Å². The number of rotatable bonds is 6. The third kappa shape index (κ3) is 4.57. The molecule has 35 heavy (non-hydrogen) atoms. The summed E-state index contributed by atoms with van der Waals surface area (Å²) in [5.41, 5.74) is 1.24. The van der Waals surface area contributed by atoms with Gasteiger partial charge in [0.1, 0.15) is 5.82 Å². The molecule has 3 aromatic heterocycles. The molecule has 178 valence electrons. The van der Waals surface area contributed by atoms with Crippen molar-refractivity contribution in [2.24, 2.45) is 0 Å². The summed E-state index contributed by atoms with van der Waals surface area (Å²) in [5.74, 6) is 0.348. The largest absolute Gasteiger partial charge is 0.416 e. The summed E-state index contributed by atoms with van der Waals surface area (Å²) in [6, 6.07) is 15.9. The fourth-order valence-electron chi connectivity index (χ4n) is 3.86. The molecule has 3 heterocycles. The minimum absolute atomic E-state index is 0.0223. The molecule has 0 aliphatic heterocycles. The maximum Gasteiger partial charge on any atom is 0.416 e. The fraction of sp³-hybridized carbons (Fsp3) is 0.167. The number of pyridine rings is 1. The van der Waals surface area contributed by atoms with Crippen LogP contribution in [0.1, 0.15) is 27.4 Å². The number of carbonyl (C=O) groups is 1. The number of nitrogens with one attached hydrogen (secondary N) is 1. The zero-order valence-corrected chi connectivity index (χ0v) is 18.9. The zero-order chi connectivity index (χ0) is 24.6. The Morgan fingerprint density at radius 2 is 1.83 bits per heavy atom. The topological polar surface area (TPSA) is 77.1 Å². The summed E-state index contributed by atoms with van der Waals surface area (Å²) < 4.78 is 42.3. The Bertz CT molecular complexity index is 1540. The van der Waals surface area contributed by atoms with E-state index in [0.29, 0.717) is 35.3 Å². The van der Waals surface area contributed by atoms with Crippen LogP contribution in [0.3, 0.4) is 0 Å². The van der Waals surface area contributed by atoms with Crippen molar-refractivity contribution in [1.82, 2.24) is 29.7 Å². The lowest BCUT2D eigenvalue weighted by molar-refractivity contribution is -0.137. The first kappa shape index (κ1) is 22.9. The predicted octanol–water partition coefficient (Wildman–Crippen LogP) is 4.77. The first-order valence-corrected chi connectivity index (χ1v) is 11.1. The van der Waals surface area contributed by atoms with E-state index in [1.807, 2.05) is 28.8 Å². The summed E-state index contributed by atoms with van der Waals surface area (Å²) in [6.45, 7) is 0.428. The maximum atomic E-state index is 13.0. The molecule has 0 radical (unpaired) electrons. The molecule has 1 amide bonds. The normalized spacial score (nSPS) is 11.9. The molecule has 5 aromatic rings. The fourth-order valence-corrected chi connectivity index (χ4v) is 4.10. The highest BCUT2D eigenvalue weighted by molar-refractivity contribution is 6.31. The lowest BCUT2D eigenvalue weighted by Gasteiger charge is -2.10. The SMILES string of the molecule is O=C(NCCc1nnc2ccccn12)c1nn(Cc2ccc(C(F)(F)F)cc2Cl)c2ccccc12. The molecule has 7 nitrogen and oxygen atoms in total. The molecule has 0 saturated heterocycles. The molecule has 0 unspecified atom stereocenters. The van der Waals surface area contributed by atoms with Gasteiger partial charge in [0, 0.05) is 29.6 Å². The highest BCUT2D eigenvalue weighted by Gasteiger charge is 2.31. The van der Waals surface area contributed by atoms with Gasteiger partial charge in [-0.15, -0.1) is 10.2 Å². The number of hydrogen-bond donors (Lipinski definition) is 1. The Morgan fingerprint density at radius 1 is 1.03 bits per heavy atom. The molecule has 0 atom stereocenters. The van der Waals surface area contributed by atoms with Crippen LogP contribution >= 0.6 is 11.6 Å². The Balaban J connectivity index is 1.35. The third-order valence-electron chi connectivity index (χ3n) is 5.59. The molecule has 0 bridgehead atoms. The predicted molar refractivity (Wildman–Crippen MR) is 124 cm³/mol. The Hall–Kier alpha value is -3.92. The van der Waals surface area contributed by atoms with E-state index in [0.717, 1.165) is 17.8 Å². The minimum Gasteiger partial charge on any atom is -0.350 e. The van der Waals surface area contributed by atoms with Gasteiger partial charge < -0.3 is 5.32 Å². The lowest BCUT2D eigenvalue weighted by atomic mass is 10.1. The number of halogens is 4. The molecular weight excluding hydrogens is 481 g/mol. The Labute approximate surface area is 202 Å². The van der Waals surface area contributed by atoms with E-state index in [-0.39, 0.29) is 23.2 Å². The van der Waals surface area contributed by atoms with E-state index in [1.54, 1.807) is 28.9 Å². The smallest absolute Gasteiger partial charge is 0.350 e. The van der Waals surface area contributed by atoms with E-state index in [9.17, 15) is 18.0 Å². The van der Waals surface area contributed by atoms with Crippen LogP contribution < -0.4 is 5.32 Å². The standard InChI is InChI=1S/C24H18ClF3N6O/c25-18-13-16(24(26,27)28)9-8-15(18)14-34-19-6-2-1-5-17(19)22(32-34)23(35)29-11-10-21-31-30-20-7-3-4-12-33(20)21/h1-9,12-13H,10-11,14H2,(H,29,35). The molecule has 0 aliphatic carbocycles. The van der Waals surface area contributed by atoms with E-state index in [2.05, 4.69) is 20.6 Å². The van der Waals surface area contributed by atoms with Gasteiger partial charge in [-0.3, -0.25) is 13.9 Å². The van der Waals surface area contributed by atoms with Crippen molar-refractivity contribution >= 4 is 34.1 Å². The number of aromatic nitrogens is 5. The van der Waals surface area contributed by atoms with Gasteiger partial charge in [-0.1, -0.05) is 41.9 Å². The molecule has 5 rings (SSSR count). The van der Waals surface area contributed by atoms with Gasteiger partial charge in [-0.05, 0) is 35.9 Å². The molecule has 0 saturated carbocycles. The number of nitrogens with zero attached hydrogens (tertiary/aromatic N) is 5. The molecular formula is C24H18ClF3N6O. The van der Waals surface area contributed by atoms with Gasteiger partial charge in [-0.2, -0.15) is 18.3 Å². The minimum atomic E-state index is -4.48. The number of para-hydroxylation sites is 1. The maximum absolute atomic E-state index is 13.0. The van der Waals surface area contributed by atoms with Crippen molar-refractivity contribution in [2.45, 2.75) is 19.1 Å². The average Bonchev–Trinajstić information content (AvgIpc) is 3.42. The van der Waals surface area contributed by atoms with Gasteiger partial charge in [0.05, 0.1) is 17.6 Å². The van der Waals surface area contributed by atoms with E-state index >= 15 is 0 Å². The number of alkyl halides is 3. The second-order valence-electron chi connectivity index (χ2n) is 7.88. The zero-order valence-electron chi connectivity index (χ0n) is 18.1. The van der Waals surface area contributed by atoms with Crippen LogP contribution in [0.2, 0.25) is 5.02 Å². The highest BCUT2D eigenvalue weighted by Crippen LogP contribution is 2.32. The highest BCUT2D eigenvalue weighted by atomic mass is 35.5. The van der Waals surface area contributed by atoms with Crippen molar-refractivity contribution < 1.29 is 18.0 Å². The van der Waals surface area contributed by atoms with E-state index in [4.69, 9.17) is 11.6 Å². The van der Waals surface area contributed by atoms with Crippen LogP contribution in [0.5, 0.6) is 0 Å². The molecule has 11 heteroatoms. The van der Waals surface area contributed by atoms with Gasteiger partial charge in [-0.25, -0.2) is 0 Å². The summed E-state index contributed by atoms with van der Waals surface area (Å²) >= 11 is 6.13. The van der Waals surface area contributed by atoms with E-state index in [1.165, 1.54) is 6.07 Å². The first-order chi connectivity index (χ1) is 16.8. The van der Waals surface area contributed by atoms with Gasteiger partial charge >= 0.3 is 6.18 Å².